The number of carbonyl (C=O) groups is 1. The van der Waals surface area contributed by atoms with Gasteiger partial charge in [-0.15, -0.1) is 6.58 Å². The summed E-state index contributed by atoms with van der Waals surface area (Å²) in [7, 11) is 0. The number of carbonyl (C=O) groups excluding carboxylic acids is 1. The van der Waals surface area contributed by atoms with E-state index in [0.717, 1.165) is 0 Å². The van der Waals surface area contributed by atoms with E-state index in [-0.39, 0.29) is 11.4 Å². The van der Waals surface area contributed by atoms with Gasteiger partial charge >= 0.3 is 5.97 Å². The van der Waals surface area contributed by atoms with Crippen LogP contribution in [0.15, 0.2) is 12.7 Å². The summed E-state index contributed by atoms with van der Waals surface area (Å²) in [6.07, 6.45) is 1.68. The molecule has 0 radical (unpaired) electrons. The molecule has 0 aliphatic carbocycles. The minimum absolute atomic E-state index is 0.224. The predicted molar refractivity (Wildman–Crippen MR) is 53.6 cm³/mol. The first-order valence-electron chi connectivity index (χ1n) is 4.82. The molecule has 0 spiro atoms. The van der Waals surface area contributed by atoms with Crippen LogP contribution in [0.3, 0.4) is 0 Å². The van der Waals surface area contributed by atoms with Crippen molar-refractivity contribution in [1.29, 1.82) is 0 Å². The molecular weight excluding hydrogens is 180 g/mol. The van der Waals surface area contributed by atoms with E-state index in [2.05, 4.69) is 6.58 Å². The highest BCUT2D eigenvalue weighted by molar-refractivity contribution is 5.77. The van der Waals surface area contributed by atoms with Gasteiger partial charge in [-0.2, -0.15) is 0 Å². The lowest BCUT2D eigenvalue weighted by atomic mass is 9.87. The van der Waals surface area contributed by atoms with Crippen LogP contribution in [0.4, 0.5) is 0 Å². The lowest BCUT2D eigenvalue weighted by Gasteiger charge is -2.35. The van der Waals surface area contributed by atoms with Crippen molar-refractivity contribution in [3.05, 3.63) is 12.7 Å². The molecule has 3 heteroatoms. The molecule has 0 N–H and O–H groups in total. The molecule has 2 atom stereocenters. The average molecular weight is 198 g/mol. The summed E-state index contributed by atoms with van der Waals surface area (Å²) in [5, 5.41) is 0. The molecule has 1 aliphatic rings. The third-order valence-electron chi connectivity index (χ3n) is 2.67. The molecular formula is C11H18O3. The van der Waals surface area contributed by atoms with Crippen LogP contribution in [0.25, 0.3) is 0 Å². The van der Waals surface area contributed by atoms with E-state index in [4.69, 9.17) is 9.47 Å². The predicted octanol–water partition coefficient (Wildman–Crippen LogP) is 2.27. The molecule has 0 bridgehead atoms. The van der Waals surface area contributed by atoms with Crippen molar-refractivity contribution in [2.45, 2.75) is 46.0 Å². The summed E-state index contributed by atoms with van der Waals surface area (Å²) in [5.41, 5.74) is -0.224. The van der Waals surface area contributed by atoms with Crippen LogP contribution in [0.5, 0.6) is 0 Å². The van der Waals surface area contributed by atoms with E-state index in [9.17, 15) is 4.79 Å². The van der Waals surface area contributed by atoms with Crippen molar-refractivity contribution in [2.24, 2.45) is 5.41 Å². The maximum Gasteiger partial charge on any atom is 0.338 e. The topological polar surface area (TPSA) is 35.5 Å². The number of esters is 1. The van der Waals surface area contributed by atoms with Crippen molar-refractivity contribution >= 4 is 5.97 Å². The third-order valence-corrected chi connectivity index (χ3v) is 2.67. The zero-order valence-corrected chi connectivity index (χ0v) is 9.29. The maximum absolute atomic E-state index is 11.4. The molecule has 0 aromatic carbocycles. The minimum atomic E-state index is -0.822. The molecule has 0 aromatic rings. The first kappa shape index (κ1) is 11.2. The SMILES string of the molecule is C=CC[C@@H]1O[C@@](C)(C(C)(C)C)OC1=O. The van der Waals surface area contributed by atoms with Crippen LogP contribution >= 0.6 is 0 Å². The van der Waals surface area contributed by atoms with Crippen molar-refractivity contribution in [3.63, 3.8) is 0 Å². The zero-order chi connectivity index (χ0) is 11.0. The Kier molecular flexibility index (Phi) is 2.72. The van der Waals surface area contributed by atoms with E-state index >= 15 is 0 Å². The fraction of sp³-hybridized carbons (Fsp3) is 0.727. The van der Waals surface area contributed by atoms with Crippen LogP contribution in [0.2, 0.25) is 0 Å². The Morgan fingerprint density at radius 2 is 2.14 bits per heavy atom. The summed E-state index contributed by atoms with van der Waals surface area (Å²) < 4.78 is 10.9. The first-order chi connectivity index (χ1) is 6.30. The molecule has 0 saturated carbocycles. The molecule has 0 unspecified atom stereocenters. The Labute approximate surface area is 85.1 Å². The monoisotopic (exact) mass is 198 g/mol. The summed E-state index contributed by atoms with van der Waals surface area (Å²) in [5.74, 6) is -1.11. The quantitative estimate of drug-likeness (QED) is 0.504. The van der Waals surface area contributed by atoms with E-state index in [1.165, 1.54) is 0 Å². The second kappa shape index (κ2) is 3.39. The second-order valence-corrected chi connectivity index (χ2v) is 4.75. The summed E-state index contributed by atoms with van der Waals surface area (Å²) in [4.78, 5) is 11.4. The van der Waals surface area contributed by atoms with Crippen LogP contribution < -0.4 is 0 Å². The number of hydrogen-bond donors (Lipinski definition) is 0. The van der Waals surface area contributed by atoms with Crippen LogP contribution in [-0.2, 0) is 14.3 Å². The van der Waals surface area contributed by atoms with Gasteiger partial charge in [-0.25, -0.2) is 4.79 Å². The van der Waals surface area contributed by atoms with Gasteiger partial charge in [-0.3, -0.25) is 0 Å². The molecule has 1 heterocycles. The summed E-state index contributed by atoms with van der Waals surface area (Å²) in [6, 6.07) is 0. The van der Waals surface area contributed by atoms with Crippen molar-refractivity contribution in [1.82, 2.24) is 0 Å². The molecule has 3 nitrogen and oxygen atoms in total. The molecule has 1 saturated heterocycles. The van der Waals surface area contributed by atoms with Gasteiger partial charge in [0, 0.05) is 18.8 Å². The highest BCUT2D eigenvalue weighted by Crippen LogP contribution is 2.40. The fourth-order valence-corrected chi connectivity index (χ4v) is 1.23. The van der Waals surface area contributed by atoms with Gasteiger partial charge in [0.15, 0.2) is 6.10 Å². The number of cyclic esters (lactones) is 1. The van der Waals surface area contributed by atoms with E-state index < -0.39 is 11.9 Å². The van der Waals surface area contributed by atoms with E-state index in [1.54, 1.807) is 13.0 Å². The van der Waals surface area contributed by atoms with Crippen molar-refractivity contribution < 1.29 is 14.3 Å². The lowest BCUT2D eigenvalue weighted by Crippen LogP contribution is -2.41. The number of hydrogen-bond acceptors (Lipinski definition) is 3. The molecule has 0 aromatic heterocycles. The van der Waals surface area contributed by atoms with E-state index in [1.807, 2.05) is 20.8 Å². The van der Waals surface area contributed by atoms with Gasteiger partial charge in [0.2, 0.25) is 5.79 Å². The fourth-order valence-electron chi connectivity index (χ4n) is 1.23. The normalized spacial score (nSPS) is 32.9. The van der Waals surface area contributed by atoms with Gasteiger partial charge < -0.3 is 9.47 Å². The standard InChI is InChI=1S/C11H18O3/c1-6-7-8-9(12)14-11(5,13-8)10(2,3)4/h6,8H,1,7H2,2-5H3/t8-,11+/m0/s1. The Bertz CT molecular complexity index is 252. The smallest absolute Gasteiger partial charge is 0.338 e. The van der Waals surface area contributed by atoms with Gasteiger partial charge in [0.05, 0.1) is 0 Å². The van der Waals surface area contributed by atoms with Gasteiger partial charge in [0.25, 0.3) is 0 Å². The van der Waals surface area contributed by atoms with Gasteiger partial charge in [-0.1, -0.05) is 26.8 Å². The summed E-state index contributed by atoms with van der Waals surface area (Å²) in [6.45, 7) is 11.3. The second-order valence-electron chi connectivity index (χ2n) is 4.75. The van der Waals surface area contributed by atoms with Crippen molar-refractivity contribution in [2.75, 3.05) is 0 Å². The largest absolute Gasteiger partial charge is 0.431 e. The van der Waals surface area contributed by atoms with Gasteiger partial charge in [0.1, 0.15) is 0 Å². The van der Waals surface area contributed by atoms with Gasteiger partial charge in [-0.05, 0) is 0 Å². The molecule has 80 valence electrons. The Hall–Kier alpha value is -0.830. The molecule has 1 fully saturated rings. The van der Waals surface area contributed by atoms with Crippen LogP contribution in [-0.4, -0.2) is 17.9 Å². The van der Waals surface area contributed by atoms with Crippen LogP contribution in [0, 0.1) is 5.41 Å². The maximum atomic E-state index is 11.4. The highest BCUT2D eigenvalue weighted by Gasteiger charge is 2.51. The first-order valence-corrected chi connectivity index (χ1v) is 4.82. The number of ether oxygens (including phenoxy) is 2. The third kappa shape index (κ3) is 1.82. The Balaban J connectivity index is 2.80. The highest BCUT2D eigenvalue weighted by atomic mass is 16.8. The summed E-state index contributed by atoms with van der Waals surface area (Å²) >= 11 is 0. The Morgan fingerprint density at radius 1 is 1.57 bits per heavy atom. The lowest BCUT2D eigenvalue weighted by molar-refractivity contribution is -0.217. The minimum Gasteiger partial charge on any atom is -0.431 e. The average Bonchev–Trinajstić information content (AvgIpc) is 2.27. The van der Waals surface area contributed by atoms with Crippen molar-refractivity contribution in [3.8, 4) is 0 Å². The Morgan fingerprint density at radius 3 is 2.50 bits per heavy atom. The zero-order valence-electron chi connectivity index (χ0n) is 9.29. The van der Waals surface area contributed by atoms with E-state index in [0.29, 0.717) is 6.42 Å². The van der Waals surface area contributed by atoms with Crippen LogP contribution in [0.1, 0.15) is 34.1 Å². The molecule has 14 heavy (non-hydrogen) atoms. The molecule has 1 aliphatic heterocycles. The molecule has 1 rings (SSSR count). The number of rotatable bonds is 2. The molecule has 0 amide bonds.